The lowest BCUT2D eigenvalue weighted by molar-refractivity contribution is -0.123. The number of hydrazone groups is 1. The molecule has 10 heteroatoms. The second kappa shape index (κ2) is 14.9. The van der Waals surface area contributed by atoms with Gasteiger partial charge in [0.05, 0.1) is 19.1 Å². The van der Waals surface area contributed by atoms with Gasteiger partial charge >= 0.3 is 6.09 Å². The largest absolute Gasteiger partial charge is 0.490 e. The molecule has 0 unspecified atom stereocenters. The molecular weight excluding hydrogens is 522 g/mol. The SMILES string of the molecule is CCOc1cc(/C=N\NC(=O)[C@@H](Cc2cnc[nH]2)NC(=O)OCc2ccccc2)ccc1OCc1cccc(C)c1. The van der Waals surface area contributed by atoms with E-state index in [1.165, 1.54) is 12.5 Å². The first-order chi connectivity index (χ1) is 20.0. The maximum Gasteiger partial charge on any atom is 0.408 e. The molecule has 2 amide bonds. The van der Waals surface area contributed by atoms with Crippen molar-refractivity contribution in [3.05, 3.63) is 113 Å². The van der Waals surface area contributed by atoms with Gasteiger partial charge < -0.3 is 24.5 Å². The molecule has 0 radical (unpaired) electrons. The Kier molecular flexibility index (Phi) is 10.5. The van der Waals surface area contributed by atoms with Gasteiger partial charge in [-0.05, 0) is 48.7 Å². The number of benzene rings is 3. The van der Waals surface area contributed by atoms with Crippen LogP contribution in [0, 0.1) is 6.92 Å². The van der Waals surface area contributed by atoms with Crippen molar-refractivity contribution in [3.63, 3.8) is 0 Å². The molecule has 3 N–H and O–H groups in total. The lowest BCUT2D eigenvalue weighted by Crippen LogP contribution is -2.47. The number of carbonyl (C=O) groups is 2. The quantitative estimate of drug-likeness (QED) is 0.162. The van der Waals surface area contributed by atoms with Crippen LogP contribution in [-0.4, -0.2) is 40.8 Å². The van der Waals surface area contributed by atoms with Gasteiger partial charge in [0.1, 0.15) is 19.3 Å². The van der Waals surface area contributed by atoms with Crippen molar-refractivity contribution >= 4 is 18.2 Å². The molecule has 0 fully saturated rings. The first-order valence-electron chi connectivity index (χ1n) is 13.2. The summed E-state index contributed by atoms with van der Waals surface area (Å²) in [6.45, 7) is 4.87. The third-order valence-electron chi connectivity index (χ3n) is 5.93. The van der Waals surface area contributed by atoms with Crippen LogP contribution in [0.25, 0.3) is 0 Å². The highest BCUT2D eigenvalue weighted by atomic mass is 16.5. The summed E-state index contributed by atoms with van der Waals surface area (Å²) in [6.07, 6.45) is 4.02. The van der Waals surface area contributed by atoms with Gasteiger partial charge in [-0.2, -0.15) is 5.10 Å². The monoisotopic (exact) mass is 555 g/mol. The standard InChI is InChI=1S/C31H33N5O5/c1-3-39-29-15-24(12-13-28(29)40-20-25-11-7-8-22(2)14-25)17-34-36-30(37)27(16-26-18-32-21-33-26)35-31(38)41-19-23-9-5-4-6-10-23/h4-15,17-18,21,27H,3,16,19-20H2,1-2H3,(H,32,33)(H,35,38)(H,36,37)/b34-17-/t27-/m1/s1. The van der Waals surface area contributed by atoms with Crippen molar-refractivity contribution in [2.75, 3.05) is 6.61 Å². The summed E-state index contributed by atoms with van der Waals surface area (Å²) in [5.74, 6) is 0.651. The highest BCUT2D eigenvalue weighted by Crippen LogP contribution is 2.29. The Bertz CT molecular complexity index is 1440. The Morgan fingerprint density at radius 1 is 0.976 bits per heavy atom. The van der Waals surface area contributed by atoms with Crippen LogP contribution in [0.3, 0.4) is 0 Å². The van der Waals surface area contributed by atoms with E-state index in [0.717, 1.165) is 16.7 Å². The van der Waals surface area contributed by atoms with E-state index in [4.69, 9.17) is 14.2 Å². The third kappa shape index (κ3) is 9.24. The molecule has 4 rings (SSSR count). The zero-order valence-corrected chi connectivity index (χ0v) is 23.0. The van der Waals surface area contributed by atoms with Gasteiger partial charge in [-0.3, -0.25) is 4.79 Å². The summed E-state index contributed by atoms with van der Waals surface area (Å²) in [6, 6.07) is 21.8. The van der Waals surface area contributed by atoms with Crippen LogP contribution in [0.1, 0.15) is 34.9 Å². The van der Waals surface area contributed by atoms with E-state index in [0.29, 0.717) is 36.0 Å². The van der Waals surface area contributed by atoms with Crippen molar-refractivity contribution in [1.29, 1.82) is 0 Å². The molecule has 4 aromatic rings. The fourth-order valence-electron chi connectivity index (χ4n) is 3.94. The van der Waals surface area contributed by atoms with Crippen LogP contribution < -0.4 is 20.2 Å². The number of carbonyl (C=O) groups excluding carboxylic acids is 2. The number of aromatic nitrogens is 2. The minimum absolute atomic E-state index is 0.0795. The number of nitrogens with zero attached hydrogens (tertiary/aromatic N) is 2. The van der Waals surface area contributed by atoms with Crippen LogP contribution in [0.5, 0.6) is 11.5 Å². The van der Waals surface area contributed by atoms with Gasteiger partial charge in [0, 0.05) is 18.3 Å². The van der Waals surface area contributed by atoms with E-state index in [1.54, 1.807) is 18.3 Å². The average molecular weight is 556 g/mol. The van der Waals surface area contributed by atoms with Gasteiger partial charge in [0.25, 0.3) is 5.91 Å². The number of H-pyrrole nitrogens is 1. The number of hydrogen-bond acceptors (Lipinski definition) is 7. The Balaban J connectivity index is 1.37. The maximum atomic E-state index is 13.0. The van der Waals surface area contributed by atoms with Crippen LogP contribution in [0.2, 0.25) is 0 Å². The van der Waals surface area contributed by atoms with Crippen LogP contribution in [0.15, 0.2) is 90.4 Å². The molecule has 0 aliphatic carbocycles. The van der Waals surface area contributed by atoms with Crippen molar-refractivity contribution in [2.24, 2.45) is 5.10 Å². The van der Waals surface area contributed by atoms with Gasteiger partial charge in [0.15, 0.2) is 11.5 Å². The van der Waals surface area contributed by atoms with Gasteiger partial charge in [0.2, 0.25) is 0 Å². The fraction of sp³-hybridized carbons (Fsp3) is 0.226. The number of amides is 2. The van der Waals surface area contributed by atoms with Crippen molar-refractivity contribution in [2.45, 2.75) is 39.5 Å². The van der Waals surface area contributed by atoms with E-state index < -0.39 is 18.0 Å². The molecular formula is C31H33N5O5. The second-order valence-electron chi connectivity index (χ2n) is 9.19. The topological polar surface area (TPSA) is 127 Å². The normalized spacial score (nSPS) is 11.6. The maximum absolute atomic E-state index is 13.0. The minimum Gasteiger partial charge on any atom is -0.490 e. The Morgan fingerprint density at radius 3 is 2.56 bits per heavy atom. The molecule has 1 aromatic heterocycles. The third-order valence-corrected chi connectivity index (χ3v) is 5.93. The van der Waals surface area contributed by atoms with Crippen LogP contribution >= 0.6 is 0 Å². The number of nitrogens with one attached hydrogen (secondary N) is 3. The zero-order chi connectivity index (χ0) is 28.9. The molecule has 10 nitrogen and oxygen atoms in total. The molecule has 0 saturated carbocycles. The van der Waals surface area contributed by atoms with Crippen LogP contribution in [0.4, 0.5) is 4.79 Å². The summed E-state index contributed by atoms with van der Waals surface area (Å²) in [7, 11) is 0. The Morgan fingerprint density at radius 2 is 1.80 bits per heavy atom. The minimum atomic E-state index is -0.952. The first-order valence-corrected chi connectivity index (χ1v) is 13.2. The van der Waals surface area contributed by atoms with Crippen molar-refractivity contribution < 1.29 is 23.8 Å². The van der Waals surface area contributed by atoms with Crippen LogP contribution in [-0.2, 0) is 29.2 Å². The summed E-state index contributed by atoms with van der Waals surface area (Å²) in [5.41, 5.74) is 6.91. The average Bonchev–Trinajstić information content (AvgIpc) is 3.49. The van der Waals surface area contributed by atoms with Gasteiger partial charge in [-0.1, -0.05) is 60.2 Å². The number of aryl methyl sites for hydroxylation is 1. The molecule has 0 saturated heterocycles. The molecule has 3 aromatic carbocycles. The van der Waals surface area contributed by atoms with Crippen molar-refractivity contribution in [1.82, 2.24) is 20.7 Å². The first kappa shape index (κ1) is 28.9. The molecule has 0 spiro atoms. The zero-order valence-electron chi connectivity index (χ0n) is 23.0. The number of hydrogen-bond donors (Lipinski definition) is 3. The molecule has 0 aliphatic heterocycles. The summed E-state index contributed by atoms with van der Waals surface area (Å²) in [5, 5.41) is 6.69. The van der Waals surface area contributed by atoms with E-state index in [-0.39, 0.29) is 13.0 Å². The molecule has 0 bridgehead atoms. The fourth-order valence-corrected chi connectivity index (χ4v) is 3.94. The number of alkyl carbamates (subject to hydrolysis) is 1. The lowest BCUT2D eigenvalue weighted by atomic mass is 10.1. The second-order valence-corrected chi connectivity index (χ2v) is 9.19. The number of rotatable bonds is 13. The molecule has 41 heavy (non-hydrogen) atoms. The summed E-state index contributed by atoms with van der Waals surface area (Å²) in [4.78, 5) is 32.3. The van der Waals surface area contributed by atoms with Crippen molar-refractivity contribution in [3.8, 4) is 11.5 Å². The molecule has 212 valence electrons. The molecule has 1 heterocycles. The van der Waals surface area contributed by atoms with E-state index >= 15 is 0 Å². The van der Waals surface area contributed by atoms with Gasteiger partial charge in [-0.15, -0.1) is 0 Å². The number of aromatic amines is 1. The van der Waals surface area contributed by atoms with Gasteiger partial charge in [-0.25, -0.2) is 15.2 Å². The Hall–Kier alpha value is -5.12. The summed E-state index contributed by atoms with van der Waals surface area (Å²) < 4.78 is 17.0. The Labute approximate surface area is 238 Å². The highest BCUT2D eigenvalue weighted by Gasteiger charge is 2.22. The smallest absolute Gasteiger partial charge is 0.408 e. The summed E-state index contributed by atoms with van der Waals surface area (Å²) >= 11 is 0. The van der Waals surface area contributed by atoms with E-state index in [2.05, 4.69) is 31.9 Å². The lowest BCUT2D eigenvalue weighted by Gasteiger charge is -2.16. The molecule has 0 aliphatic rings. The van der Waals surface area contributed by atoms with E-state index in [9.17, 15) is 9.59 Å². The highest BCUT2D eigenvalue weighted by molar-refractivity contribution is 5.87. The molecule has 1 atom stereocenters. The number of ether oxygens (including phenoxy) is 3. The van der Waals surface area contributed by atoms with E-state index in [1.807, 2.05) is 68.4 Å². The predicted molar refractivity (Wildman–Crippen MR) is 155 cm³/mol. The predicted octanol–water partition coefficient (Wildman–Crippen LogP) is 4.68. The number of imidazole rings is 1.